The number of hydroxylamine groups is 2. The number of hydrogen-bond donors (Lipinski definition) is 1. The molecule has 0 aromatic rings. The fraction of sp³-hybridized carbons (Fsp3) is 1.00. The standard InChI is InChI=1S/C6H15NO2/c1-3-4-7(8)5-6-9-2/h8H,3-6H2,1-2H3. The largest absolute Gasteiger partial charge is 0.383 e. The molecule has 0 radical (unpaired) electrons. The molecular weight excluding hydrogens is 118 g/mol. The Morgan fingerprint density at radius 2 is 2.11 bits per heavy atom. The normalized spacial score (nSPS) is 10.7. The Morgan fingerprint density at radius 3 is 2.56 bits per heavy atom. The summed E-state index contributed by atoms with van der Waals surface area (Å²) in [4.78, 5) is 0. The molecule has 3 nitrogen and oxygen atoms in total. The van der Waals surface area contributed by atoms with Crippen molar-refractivity contribution in [2.24, 2.45) is 0 Å². The molecule has 0 aliphatic heterocycles. The van der Waals surface area contributed by atoms with Gasteiger partial charge in [0.25, 0.3) is 0 Å². The molecule has 56 valence electrons. The first-order valence-corrected chi connectivity index (χ1v) is 3.24. The lowest BCUT2D eigenvalue weighted by Crippen LogP contribution is -2.24. The van der Waals surface area contributed by atoms with Gasteiger partial charge >= 0.3 is 0 Å². The summed E-state index contributed by atoms with van der Waals surface area (Å²) in [5, 5.41) is 10.2. The molecule has 0 aromatic heterocycles. The summed E-state index contributed by atoms with van der Waals surface area (Å²) in [5.41, 5.74) is 0. The SMILES string of the molecule is CCCN(O)CCOC. The minimum absolute atomic E-state index is 0.594. The van der Waals surface area contributed by atoms with Gasteiger partial charge in [0.2, 0.25) is 0 Å². The van der Waals surface area contributed by atoms with Crippen molar-refractivity contribution in [3.8, 4) is 0 Å². The van der Waals surface area contributed by atoms with Gasteiger partial charge in [-0.25, -0.2) is 0 Å². The second-order valence-corrected chi connectivity index (χ2v) is 1.95. The van der Waals surface area contributed by atoms with Gasteiger partial charge in [0.15, 0.2) is 0 Å². The molecule has 1 N–H and O–H groups in total. The Kier molecular flexibility index (Phi) is 5.93. The van der Waals surface area contributed by atoms with E-state index in [2.05, 4.69) is 0 Å². The van der Waals surface area contributed by atoms with Crippen LogP contribution in [0, 0.1) is 0 Å². The van der Waals surface area contributed by atoms with Crippen LogP contribution in [-0.4, -0.2) is 37.1 Å². The third-order valence-corrected chi connectivity index (χ3v) is 1.04. The molecule has 0 aromatic carbocycles. The Labute approximate surface area is 56.2 Å². The van der Waals surface area contributed by atoms with Gasteiger partial charge in [-0.05, 0) is 6.42 Å². The van der Waals surface area contributed by atoms with Crippen LogP contribution in [0.4, 0.5) is 0 Å². The monoisotopic (exact) mass is 133 g/mol. The minimum Gasteiger partial charge on any atom is -0.383 e. The predicted octanol–water partition coefficient (Wildman–Crippen LogP) is 0.734. The van der Waals surface area contributed by atoms with Crippen LogP contribution in [0.25, 0.3) is 0 Å². The Morgan fingerprint density at radius 1 is 1.44 bits per heavy atom. The number of hydrogen-bond acceptors (Lipinski definition) is 3. The minimum atomic E-state index is 0.594. The molecule has 0 aliphatic carbocycles. The number of methoxy groups -OCH3 is 1. The van der Waals surface area contributed by atoms with E-state index in [0.717, 1.165) is 13.0 Å². The van der Waals surface area contributed by atoms with E-state index in [-0.39, 0.29) is 0 Å². The van der Waals surface area contributed by atoms with Gasteiger partial charge in [-0.2, -0.15) is 5.06 Å². The smallest absolute Gasteiger partial charge is 0.0612 e. The second-order valence-electron chi connectivity index (χ2n) is 1.95. The van der Waals surface area contributed by atoms with Crippen molar-refractivity contribution in [2.75, 3.05) is 26.8 Å². The summed E-state index contributed by atoms with van der Waals surface area (Å²) < 4.78 is 4.76. The molecule has 0 rings (SSSR count). The van der Waals surface area contributed by atoms with Crippen molar-refractivity contribution in [3.63, 3.8) is 0 Å². The average Bonchev–Trinajstić information content (AvgIpc) is 1.85. The quantitative estimate of drug-likeness (QED) is 0.561. The van der Waals surface area contributed by atoms with Crippen LogP contribution in [-0.2, 0) is 4.74 Å². The highest BCUT2D eigenvalue weighted by Gasteiger charge is 1.94. The summed E-state index contributed by atoms with van der Waals surface area (Å²) in [7, 11) is 1.62. The van der Waals surface area contributed by atoms with Crippen molar-refractivity contribution >= 4 is 0 Å². The molecular formula is C6H15NO2. The summed E-state index contributed by atoms with van der Waals surface area (Å²) in [6.07, 6.45) is 0.972. The van der Waals surface area contributed by atoms with Crippen LogP contribution >= 0.6 is 0 Å². The lowest BCUT2D eigenvalue weighted by molar-refractivity contribution is -0.101. The first-order chi connectivity index (χ1) is 4.31. The fourth-order valence-corrected chi connectivity index (χ4v) is 0.567. The molecule has 0 atom stereocenters. The highest BCUT2D eigenvalue weighted by Crippen LogP contribution is 1.83. The summed E-state index contributed by atoms with van der Waals surface area (Å²) in [6, 6.07) is 0. The van der Waals surface area contributed by atoms with E-state index in [4.69, 9.17) is 9.94 Å². The maximum Gasteiger partial charge on any atom is 0.0612 e. The molecule has 0 fully saturated rings. The Hall–Kier alpha value is -0.120. The van der Waals surface area contributed by atoms with E-state index in [1.165, 1.54) is 5.06 Å². The van der Waals surface area contributed by atoms with Gasteiger partial charge in [-0.3, -0.25) is 0 Å². The number of ether oxygens (including phenoxy) is 1. The van der Waals surface area contributed by atoms with Gasteiger partial charge < -0.3 is 9.94 Å². The van der Waals surface area contributed by atoms with Crippen molar-refractivity contribution in [1.82, 2.24) is 5.06 Å². The Bertz CT molecular complexity index is 59.0. The molecule has 9 heavy (non-hydrogen) atoms. The topological polar surface area (TPSA) is 32.7 Å². The maximum absolute atomic E-state index is 8.93. The molecule has 3 heteroatoms. The van der Waals surface area contributed by atoms with Gasteiger partial charge in [0.1, 0.15) is 0 Å². The molecule has 0 amide bonds. The number of nitrogens with zero attached hydrogens (tertiary/aromatic N) is 1. The van der Waals surface area contributed by atoms with Crippen molar-refractivity contribution in [3.05, 3.63) is 0 Å². The zero-order chi connectivity index (χ0) is 7.11. The van der Waals surface area contributed by atoms with E-state index in [0.29, 0.717) is 13.2 Å². The predicted molar refractivity (Wildman–Crippen MR) is 35.5 cm³/mol. The van der Waals surface area contributed by atoms with E-state index in [1.807, 2.05) is 6.92 Å². The second kappa shape index (κ2) is 6.01. The third-order valence-electron chi connectivity index (χ3n) is 1.04. The summed E-state index contributed by atoms with van der Waals surface area (Å²) >= 11 is 0. The molecule has 0 unspecified atom stereocenters. The zero-order valence-electron chi connectivity index (χ0n) is 6.13. The fourth-order valence-electron chi connectivity index (χ4n) is 0.567. The van der Waals surface area contributed by atoms with Crippen LogP contribution in [0.5, 0.6) is 0 Å². The molecule has 0 bridgehead atoms. The van der Waals surface area contributed by atoms with E-state index >= 15 is 0 Å². The van der Waals surface area contributed by atoms with Crippen LogP contribution in [0.15, 0.2) is 0 Å². The molecule has 0 spiro atoms. The average molecular weight is 133 g/mol. The van der Waals surface area contributed by atoms with E-state index in [9.17, 15) is 0 Å². The molecule has 0 aliphatic rings. The lowest BCUT2D eigenvalue weighted by atomic mass is 10.5. The van der Waals surface area contributed by atoms with Gasteiger partial charge in [0, 0.05) is 20.2 Å². The molecule has 0 saturated carbocycles. The van der Waals surface area contributed by atoms with Crippen LogP contribution in [0.3, 0.4) is 0 Å². The zero-order valence-corrected chi connectivity index (χ0v) is 6.13. The summed E-state index contributed by atoms with van der Waals surface area (Å²) in [6.45, 7) is 3.94. The van der Waals surface area contributed by atoms with Crippen LogP contribution in [0.2, 0.25) is 0 Å². The van der Waals surface area contributed by atoms with Gasteiger partial charge in [-0.15, -0.1) is 0 Å². The van der Waals surface area contributed by atoms with E-state index < -0.39 is 0 Å². The van der Waals surface area contributed by atoms with Crippen LogP contribution < -0.4 is 0 Å². The first-order valence-electron chi connectivity index (χ1n) is 3.24. The van der Waals surface area contributed by atoms with Crippen molar-refractivity contribution < 1.29 is 9.94 Å². The summed E-state index contributed by atoms with van der Waals surface area (Å²) in [5.74, 6) is 0. The maximum atomic E-state index is 8.93. The van der Waals surface area contributed by atoms with Gasteiger partial charge in [0.05, 0.1) is 6.61 Å². The highest BCUT2D eigenvalue weighted by atomic mass is 16.5. The first kappa shape index (κ1) is 8.88. The third kappa shape index (κ3) is 5.76. The number of rotatable bonds is 5. The highest BCUT2D eigenvalue weighted by molar-refractivity contribution is 4.40. The van der Waals surface area contributed by atoms with Crippen LogP contribution in [0.1, 0.15) is 13.3 Å². The van der Waals surface area contributed by atoms with Crippen molar-refractivity contribution in [1.29, 1.82) is 0 Å². The lowest BCUT2D eigenvalue weighted by Gasteiger charge is -2.11. The Balaban J connectivity index is 2.95. The van der Waals surface area contributed by atoms with E-state index in [1.54, 1.807) is 7.11 Å². The molecule has 0 heterocycles. The molecule has 0 saturated heterocycles. The van der Waals surface area contributed by atoms with Gasteiger partial charge in [-0.1, -0.05) is 6.92 Å². The van der Waals surface area contributed by atoms with Crippen molar-refractivity contribution in [2.45, 2.75) is 13.3 Å².